The molecule has 128 valence electrons. The van der Waals surface area contributed by atoms with Crippen LogP contribution in [0.2, 0.25) is 0 Å². The zero-order chi connectivity index (χ0) is 17.6. The predicted molar refractivity (Wildman–Crippen MR) is 99.8 cm³/mol. The molecular formula is C20H23N5. The van der Waals surface area contributed by atoms with E-state index in [-0.39, 0.29) is 0 Å². The number of rotatable bonds is 4. The van der Waals surface area contributed by atoms with Crippen molar-refractivity contribution in [2.45, 2.75) is 40.7 Å². The van der Waals surface area contributed by atoms with Gasteiger partial charge in [0.05, 0.1) is 5.39 Å². The molecule has 0 saturated carbocycles. The molecule has 0 bridgehead atoms. The van der Waals surface area contributed by atoms with E-state index in [1.54, 1.807) is 6.33 Å². The Bertz CT molecular complexity index is 1040. The first kappa shape index (κ1) is 15.8. The van der Waals surface area contributed by atoms with Crippen molar-refractivity contribution in [1.82, 2.24) is 24.1 Å². The topological polar surface area (TPSA) is 48.0 Å². The van der Waals surface area contributed by atoms with E-state index in [0.29, 0.717) is 5.92 Å². The van der Waals surface area contributed by atoms with Crippen LogP contribution in [-0.4, -0.2) is 24.1 Å². The van der Waals surface area contributed by atoms with Gasteiger partial charge in [0.2, 0.25) is 0 Å². The van der Waals surface area contributed by atoms with E-state index in [9.17, 15) is 0 Å². The fourth-order valence-electron chi connectivity index (χ4n) is 3.39. The minimum absolute atomic E-state index is 0.534. The molecule has 4 rings (SSSR count). The summed E-state index contributed by atoms with van der Waals surface area (Å²) in [5, 5.41) is 5.71. The Kier molecular flexibility index (Phi) is 3.79. The molecule has 25 heavy (non-hydrogen) atoms. The van der Waals surface area contributed by atoms with E-state index in [0.717, 1.165) is 35.5 Å². The van der Waals surface area contributed by atoms with Crippen LogP contribution in [0.25, 0.3) is 16.7 Å². The van der Waals surface area contributed by atoms with Crippen LogP contribution in [0.5, 0.6) is 0 Å². The fourth-order valence-corrected chi connectivity index (χ4v) is 3.39. The summed E-state index contributed by atoms with van der Waals surface area (Å²) in [5.41, 5.74) is 5.62. The summed E-state index contributed by atoms with van der Waals surface area (Å²) in [4.78, 5) is 9.50. The van der Waals surface area contributed by atoms with E-state index in [2.05, 4.69) is 61.6 Å². The van der Waals surface area contributed by atoms with Crippen LogP contribution in [0.15, 0.2) is 36.7 Å². The first-order valence-corrected chi connectivity index (χ1v) is 8.78. The fraction of sp³-hybridized carbons (Fsp3) is 0.350. The molecule has 0 aliphatic rings. The molecule has 0 aliphatic carbocycles. The van der Waals surface area contributed by atoms with Gasteiger partial charge in [-0.05, 0) is 30.9 Å². The summed E-state index contributed by atoms with van der Waals surface area (Å²) >= 11 is 0. The Morgan fingerprint density at radius 2 is 1.80 bits per heavy atom. The average Bonchev–Trinajstić information content (AvgIpc) is 3.09. The highest BCUT2D eigenvalue weighted by Gasteiger charge is 2.18. The normalized spacial score (nSPS) is 11.9. The van der Waals surface area contributed by atoms with Crippen LogP contribution in [-0.2, 0) is 13.0 Å². The molecule has 3 heterocycles. The number of fused-ring (bicyclic) bond motifs is 3. The Hall–Kier alpha value is -2.69. The maximum atomic E-state index is 4.80. The molecule has 3 aromatic heterocycles. The molecule has 0 atom stereocenters. The summed E-state index contributed by atoms with van der Waals surface area (Å²) in [6, 6.07) is 10.5. The van der Waals surface area contributed by atoms with Crippen LogP contribution in [0.4, 0.5) is 0 Å². The first-order chi connectivity index (χ1) is 12.0. The van der Waals surface area contributed by atoms with Gasteiger partial charge >= 0.3 is 0 Å². The molecule has 4 aromatic rings. The van der Waals surface area contributed by atoms with Crippen molar-refractivity contribution < 1.29 is 0 Å². The van der Waals surface area contributed by atoms with E-state index in [4.69, 9.17) is 9.97 Å². The monoisotopic (exact) mass is 333 g/mol. The highest BCUT2D eigenvalue weighted by molar-refractivity contribution is 5.93. The number of aromatic nitrogens is 5. The van der Waals surface area contributed by atoms with Crippen LogP contribution in [0.1, 0.15) is 36.5 Å². The molecule has 0 unspecified atom stereocenters. The zero-order valence-electron chi connectivity index (χ0n) is 15.2. The molecule has 5 heteroatoms. The Balaban J connectivity index is 1.89. The number of hydrogen-bond donors (Lipinski definition) is 0. The summed E-state index contributed by atoms with van der Waals surface area (Å²) in [6.45, 7) is 9.49. The van der Waals surface area contributed by atoms with E-state index >= 15 is 0 Å². The number of hydrogen-bond acceptors (Lipinski definition) is 3. The van der Waals surface area contributed by atoms with Crippen molar-refractivity contribution in [1.29, 1.82) is 0 Å². The van der Waals surface area contributed by atoms with Gasteiger partial charge in [-0.2, -0.15) is 0 Å². The lowest BCUT2D eigenvalue weighted by Gasteiger charge is -2.07. The molecule has 0 N–H and O–H groups in total. The maximum absolute atomic E-state index is 4.80. The van der Waals surface area contributed by atoms with E-state index in [1.807, 2.05) is 10.6 Å². The van der Waals surface area contributed by atoms with Gasteiger partial charge in [0.1, 0.15) is 12.0 Å². The lowest BCUT2D eigenvalue weighted by Crippen LogP contribution is -2.03. The molecule has 1 aromatic carbocycles. The number of benzene rings is 1. The largest absolute Gasteiger partial charge is 0.325 e. The minimum atomic E-state index is 0.534. The standard InChI is InChI=1S/C20H23N5/c1-13(2)10-17-22-20-18-14(3)15(4)24(11-16-8-6-5-7-9-16)19(18)21-12-25(20)23-17/h5-9,12-13H,10-11H2,1-4H3. The third-order valence-corrected chi connectivity index (χ3v) is 4.76. The molecule has 0 saturated heterocycles. The minimum Gasteiger partial charge on any atom is -0.325 e. The Morgan fingerprint density at radius 1 is 1.04 bits per heavy atom. The highest BCUT2D eigenvalue weighted by Crippen LogP contribution is 2.27. The maximum Gasteiger partial charge on any atom is 0.168 e. The van der Waals surface area contributed by atoms with Crippen molar-refractivity contribution in [3.05, 3.63) is 59.3 Å². The Labute approximate surface area is 147 Å². The summed E-state index contributed by atoms with van der Waals surface area (Å²) in [7, 11) is 0. The average molecular weight is 333 g/mol. The van der Waals surface area contributed by atoms with Crippen molar-refractivity contribution in [3.8, 4) is 0 Å². The molecule has 0 aliphatic heterocycles. The van der Waals surface area contributed by atoms with E-state index in [1.165, 1.54) is 16.8 Å². The second-order valence-corrected chi connectivity index (χ2v) is 7.12. The summed E-state index contributed by atoms with van der Waals surface area (Å²) in [6.07, 6.45) is 2.67. The molecule has 0 amide bonds. The second kappa shape index (κ2) is 5.99. The Morgan fingerprint density at radius 3 is 2.52 bits per heavy atom. The third-order valence-electron chi connectivity index (χ3n) is 4.76. The van der Waals surface area contributed by atoms with E-state index < -0.39 is 0 Å². The van der Waals surface area contributed by atoms with Gasteiger partial charge < -0.3 is 4.57 Å². The van der Waals surface area contributed by atoms with Crippen molar-refractivity contribution in [2.75, 3.05) is 0 Å². The van der Waals surface area contributed by atoms with Crippen molar-refractivity contribution >= 4 is 16.7 Å². The van der Waals surface area contributed by atoms with Gasteiger partial charge in [0, 0.05) is 18.7 Å². The van der Waals surface area contributed by atoms with Crippen LogP contribution in [0, 0.1) is 19.8 Å². The second-order valence-electron chi connectivity index (χ2n) is 7.12. The lowest BCUT2D eigenvalue weighted by molar-refractivity contribution is 0.619. The van der Waals surface area contributed by atoms with Gasteiger partial charge in [-0.3, -0.25) is 0 Å². The van der Waals surface area contributed by atoms with Crippen LogP contribution < -0.4 is 0 Å². The van der Waals surface area contributed by atoms with Crippen molar-refractivity contribution in [3.63, 3.8) is 0 Å². The highest BCUT2D eigenvalue weighted by atomic mass is 15.3. The SMILES string of the molecule is Cc1c(C)n(Cc2ccccc2)c2ncn3nc(CC(C)C)nc3c12. The molecule has 5 nitrogen and oxygen atoms in total. The van der Waals surface area contributed by atoms with Crippen LogP contribution in [0.3, 0.4) is 0 Å². The van der Waals surface area contributed by atoms with Gasteiger partial charge in [-0.15, -0.1) is 5.10 Å². The quantitative estimate of drug-likeness (QED) is 0.568. The predicted octanol–water partition coefficient (Wildman–Crippen LogP) is 3.94. The lowest BCUT2D eigenvalue weighted by atomic mass is 10.1. The zero-order valence-corrected chi connectivity index (χ0v) is 15.2. The molecule has 0 radical (unpaired) electrons. The summed E-state index contributed by atoms with van der Waals surface area (Å²) < 4.78 is 4.09. The molecule has 0 spiro atoms. The third kappa shape index (κ3) is 2.69. The van der Waals surface area contributed by atoms with Gasteiger partial charge in [-0.25, -0.2) is 14.5 Å². The molecular weight excluding hydrogens is 310 g/mol. The van der Waals surface area contributed by atoms with Crippen LogP contribution >= 0.6 is 0 Å². The number of nitrogens with zero attached hydrogens (tertiary/aromatic N) is 5. The smallest absolute Gasteiger partial charge is 0.168 e. The van der Waals surface area contributed by atoms with Gasteiger partial charge in [0.15, 0.2) is 11.5 Å². The van der Waals surface area contributed by atoms with Gasteiger partial charge in [0.25, 0.3) is 0 Å². The first-order valence-electron chi connectivity index (χ1n) is 8.78. The van der Waals surface area contributed by atoms with Crippen molar-refractivity contribution in [2.24, 2.45) is 5.92 Å². The molecule has 0 fully saturated rings. The van der Waals surface area contributed by atoms with Gasteiger partial charge in [-0.1, -0.05) is 44.2 Å². The summed E-state index contributed by atoms with van der Waals surface area (Å²) in [5.74, 6) is 1.42. The number of aryl methyl sites for hydroxylation is 1.